The maximum Gasteiger partial charge on any atom is 0.304 e. The van der Waals surface area contributed by atoms with E-state index in [9.17, 15) is 19.1 Å². The Bertz CT molecular complexity index is 677. The number of aliphatic carboxylic acids is 1. The van der Waals surface area contributed by atoms with Gasteiger partial charge in [-0.2, -0.15) is 0 Å². The fourth-order valence-corrected chi connectivity index (χ4v) is 6.40. The molecule has 3 nitrogen and oxygen atoms in total. The van der Waals surface area contributed by atoms with E-state index in [0.717, 1.165) is 37.7 Å². The maximum absolute atomic E-state index is 13.4. The van der Waals surface area contributed by atoms with Gasteiger partial charge in [0.15, 0.2) is 0 Å². The zero-order chi connectivity index (χ0) is 17.1. The van der Waals surface area contributed by atoms with Gasteiger partial charge in [-0.1, -0.05) is 12.1 Å². The van der Waals surface area contributed by atoms with Crippen molar-refractivity contribution in [1.29, 1.82) is 0 Å². The third-order valence-corrected chi connectivity index (χ3v) is 7.22. The predicted molar refractivity (Wildman–Crippen MR) is 87.0 cm³/mol. The molecule has 4 aliphatic rings. The zero-order valence-corrected chi connectivity index (χ0v) is 13.9. The van der Waals surface area contributed by atoms with Gasteiger partial charge in [-0.05, 0) is 74.5 Å². The number of carboxylic acid groups (broad SMARTS) is 1. The van der Waals surface area contributed by atoms with Crippen LogP contribution in [0.15, 0.2) is 24.3 Å². The topological polar surface area (TPSA) is 54.4 Å². The van der Waals surface area contributed by atoms with E-state index in [4.69, 9.17) is 0 Å². The van der Waals surface area contributed by atoms with E-state index in [2.05, 4.69) is 0 Å². The third kappa shape index (κ3) is 2.08. The van der Waals surface area contributed by atoms with E-state index in [-0.39, 0.29) is 35.3 Å². The predicted octanol–water partition coefficient (Wildman–Crippen LogP) is 3.95. The molecule has 4 aliphatic carbocycles. The first-order valence-corrected chi connectivity index (χ1v) is 8.85. The number of carbonyl (C=O) groups excluding carboxylic acids is 1. The fourth-order valence-electron chi connectivity index (χ4n) is 6.40. The molecule has 128 valence electrons. The number of carboxylic acids is 1. The Morgan fingerprint density at radius 2 is 1.71 bits per heavy atom. The quantitative estimate of drug-likeness (QED) is 0.909. The molecule has 0 aliphatic heterocycles. The number of benzene rings is 1. The van der Waals surface area contributed by atoms with Crippen molar-refractivity contribution < 1.29 is 19.1 Å². The lowest BCUT2D eigenvalue weighted by Crippen LogP contribution is -2.61. The van der Waals surface area contributed by atoms with E-state index >= 15 is 0 Å². The SMILES string of the molecule is CC(=O)C12CC3CC(C1)C(CC(=O)O)(c1ccc(F)cc1)C(C3)C2. The summed E-state index contributed by atoms with van der Waals surface area (Å²) in [5.74, 6) is 0.110. The van der Waals surface area contributed by atoms with Crippen LogP contribution in [-0.4, -0.2) is 16.9 Å². The van der Waals surface area contributed by atoms with Crippen LogP contribution in [0.4, 0.5) is 4.39 Å². The normalized spacial score (nSPS) is 39.8. The van der Waals surface area contributed by atoms with Crippen LogP contribution in [0.5, 0.6) is 0 Å². The summed E-state index contributed by atoms with van der Waals surface area (Å²) in [6, 6.07) is 6.40. The molecule has 0 heterocycles. The van der Waals surface area contributed by atoms with Crippen molar-refractivity contribution in [2.75, 3.05) is 0 Å². The lowest BCUT2D eigenvalue weighted by Gasteiger charge is -2.65. The highest BCUT2D eigenvalue weighted by molar-refractivity contribution is 5.83. The Labute approximate surface area is 141 Å². The maximum atomic E-state index is 13.4. The van der Waals surface area contributed by atoms with Gasteiger partial charge in [0, 0.05) is 10.8 Å². The minimum atomic E-state index is -0.802. The molecule has 4 saturated carbocycles. The van der Waals surface area contributed by atoms with Gasteiger partial charge in [0.05, 0.1) is 6.42 Å². The second-order valence-electron chi connectivity index (χ2n) is 8.30. The number of ketones is 1. The minimum Gasteiger partial charge on any atom is -0.481 e. The molecule has 4 heteroatoms. The van der Waals surface area contributed by atoms with E-state index in [1.54, 1.807) is 19.1 Å². The highest BCUT2D eigenvalue weighted by atomic mass is 19.1. The van der Waals surface area contributed by atoms with Crippen molar-refractivity contribution in [3.05, 3.63) is 35.6 Å². The highest BCUT2D eigenvalue weighted by Crippen LogP contribution is 2.68. The molecule has 0 radical (unpaired) electrons. The molecule has 0 amide bonds. The molecule has 0 saturated heterocycles. The first-order valence-electron chi connectivity index (χ1n) is 8.85. The molecule has 24 heavy (non-hydrogen) atoms. The molecule has 2 atom stereocenters. The fraction of sp³-hybridized carbons (Fsp3) is 0.600. The molecule has 4 fully saturated rings. The summed E-state index contributed by atoms with van der Waals surface area (Å²) in [6.07, 6.45) is 4.63. The van der Waals surface area contributed by atoms with Crippen LogP contribution in [0.25, 0.3) is 0 Å². The standard InChI is InChI=1S/C20H23FO3/c1-12(22)19-8-13-6-15(9-19)20(11-18(23)24,16(7-13)10-19)14-2-4-17(21)5-3-14/h2-5,13,15-16H,6-11H2,1H3,(H,23,24). The molecule has 0 spiro atoms. The minimum absolute atomic E-state index is 0.0780. The Kier molecular flexibility index (Phi) is 3.38. The lowest BCUT2D eigenvalue weighted by molar-refractivity contribution is -0.160. The zero-order valence-electron chi connectivity index (χ0n) is 13.9. The highest BCUT2D eigenvalue weighted by Gasteiger charge is 2.64. The number of rotatable bonds is 4. The van der Waals surface area contributed by atoms with Gasteiger partial charge in [0.2, 0.25) is 0 Å². The average Bonchev–Trinajstić information content (AvgIpc) is 2.51. The van der Waals surface area contributed by atoms with Crippen LogP contribution in [0.2, 0.25) is 0 Å². The molecule has 2 unspecified atom stereocenters. The van der Waals surface area contributed by atoms with Gasteiger partial charge in [-0.25, -0.2) is 4.39 Å². The number of Topliss-reactive ketones (excluding diaryl/α,β-unsaturated/α-hetero) is 1. The van der Waals surface area contributed by atoms with Crippen molar-refractivity contribution in [3.8, 4) is 0 Å². The van der Waals surface area contributed by atoms with Crippen LogP contribution in [-0.2, 0) is 15.0 Å². The van der Waals surface area contributed by atoms with Crippen LogP contribution in [0.3, 0.4) is 0 Å². The van der Waals surface area contributed by atoms with Crippen molar-refractivity contribution >= 4 is 11.8 Å². The van der Waals surface area contributed by atoms with E-state index < -0.39 is 11.4 Å². The monoisotopic (exact) mass is 330 g/mol. The summed E-state index contributed by atoms with van der Waals surface area (Å²) in [7, 11) is 0. The first-order chi connectivity index (χ1) is 11.4. The smallest absolute Gasteiger partial charge is 0.304 e. The van der Waals surface area contributed by atoms with E-state index in [1.807, 2.05) is 0 Å². The van der Waals surface area contributed by atoms with Crippen molar-refractivity contribution in [2.24, 2.45) is 23.2 Å². The molecule has 0 aromatic heterocycles. The number of carbonyl (C=O) groups is 2. The number of hydrogen-bond donors (Lipinski definition) is 1. The van der Waals surface area contributed by atoms with Gasteiger partial charge in [-0.15, -0.1) is 0 Å². The van der Waals surface area contributed by atoms with Crippen molar-refractivity contribution in [1.82, 2.24) is 0 Å². The van der Waals surface area contributed by atoms with E-state index in [0.29, 0.717) is 5.92 Å². The van der Waals surface area contributed by atoms with Gasteiger partial charge in [0.25, 0.3) is 0 Å². The van der Waals surface area contributed by atoms with Crippen LogP contribution in [0, 0.1) is 29.0 Å². The number of hydrogen-bond acceptors (Lipinski definition) is 2. The summed E-state index contributed by atoms with van der Waals surface area (Å²) in [5, 5.41) is 9.61. The second-order valence-corrected chi connectivity index (χ2v) is 8.30. The van der Waals surface area contributed by atoms with Crippen LogP contribution in [0.1, 0.15) is 51.0 Å². The van der Waals surface area contributed by atoms with Gasteiger partial charge in [0.1, 0.15) is 11.6 Å². The van der Waals surface area contributed by atoms with Crippen LogP contribution < -0.4 is 0 Å². The number of halogens is 1. The third-order valence-electron chi connectivity index (χ3n) is 7.22. The Balaban J connectivity index is 1.82. The Morgan fingerprint density at radius 3 is 2.21 bits per heavy atom. The molecule has 1 N–H and O–H groups in total. The van der Waals surface area contributed by atoms with E-state index in [1.165, 1.54) is 12.1 Å². The van der Waals surface area contributed by atoms with Gasteiger partial charge in [-0.3, -0.25) is 9.59 Å². The van der Waals surface area contributed by atoms with Crippen molar-refractivity contribution in [2.45, 2.75) is 50.9 Å². The molecule has 1 aromatic rings. The summed E-state index contributed by atoms with van der Waals surface area (Å²) in [6.45, 7) is 1.70. The molecule has 1 aromatic carbocycles. The van der Waals surface area contributed by atoms with Crippen molar-refractivity contribution in [3.63, 3.8) is 0 Å². The van der Waals surface area contributed by atoms with Crippen LogP contribution >= 0.6 is 0 Å². The largest absolute Gasteiger partial charge is 0.481 e. The summed E-state index contributed by atoms with van der Waals surface area (Å²) < 4.78 is 13.4. The Hall–Kier alpha value is -1.71. The summed E-state index contributed by atoms with van der Waals surface area (Å²) in [4.78, 5) is 24.1. The molecule has 5 rings (SSSR count). The molecular formula is C20H23FO3. The Morgan fingerprint density at radius 1 is 1.12 bits per heavy atom. The first kappa shape index (κ1) is 15.8. The molecular weight excluding hydrogens is 307 g/mol. The van der Waals surface area contributed by atoms with Gasteiger partial charge >= 0.3 is 5.97 Å². The summed E-state index contributed by atoms with van der Waals surface area (Å²) >= 11 is 0. The molecule has 4 bridgehead atoms. The summed E-state index contributed by atoms with van der Waals surface area (Å²) in [5.41, 5.74) is 0.257. The lowest BCUT2D eigenvalue weighted by atomic mass is 9.38. The second kappa shape index (κ2) is 5.14. The average molecular weight is 330 g/mol. The van der Waals surface area contributed by atoms with Gasteiger partial charge < -0.3 is 5.11 Å².